The monoisotopic (exact) mass is 301 g/mol. The number of rotatable bonds is 3. The Labute approximate surface area is 128 Å². The van der Waals surface area contributed by atoms with Crippen LogP contribution in [-0.2, 0) is 17.9 Å². The van der Waals surface area contributed by atoms with E-state index in [1.54, 1.807) is 34.0 Å². The molecule has 2 heterocycles. The first-order chi connectivity index (χ1) is 10.6. The Balaban J connectivity index is 1.64. The van der Waals surface area contributed by atoms with Gasteiger partial charge in [0.25, 0.3) is 0 Å². The average Bonchev–Trinajstić information content (AvgIpc) is 2.79. The summed E-state index contributed by atoms with van der Waals surface area (Å²) < 4.78 is 7.39. The molecule has 1 aromatic heterocycles. The van der Waals surface area contributed by atoms with E-state index in [1.165, 1.54) is 0 Å². The highest BCUT2D eigenvalue weighted by atomic mass is 16.5. The molecule has 116 valence electrons. The fourth-order valence-corrected chi connectivity index (χ4v) is 2.53. The number of carbonyl (C=O) groups is 1. The highest BCUT2D eigenvalue weighted by Crippen LogP contribution is 2.27. The van der Waals surface area contributed by atoms with Crippen molar-refractivity contribution < 1.29 is 14.6 Å². The van der Waals surface area contributed by atoms with Gasteiger partial charge in [-0.25, -0.2) is 0 Å². The van der Waals surface area contributed by atoms with Crippen molar-refractivity contribution >= 4 is 5.91 Å². The molecule has 1 N–H and O–H groups in total. The van der Waals surface area contributed by atoms with Crippen molar-refractivity contribution in [3.63, 3.8) is 0 Å². The Kier molecular flexibility index (Phi) is 4.00. The zero-order valence-electron chi connectivity index (χ0n) is 12.5. The van der Waals surface area contributed by atoms with Gasteiger partial charge in [-0.15, -0.1) is 0 Å². The minimum absolute atomic E-state index is 0.0812. The molecule has 0 atom stereocenters. The first-order valence-electron chi connectivity index (χ1n) is 7.33. The van der Waals surface area contributed by atoms with Gasteiger partial charge in [0.1, 0.15) is 18.1 Å². The van der Waals surface area contributed by atoms with Crippen molar-refractivity contribution in [3.8, 4) is 11.5 Å². The van der Waals surface area contributed by atoms with Crippen molar-refractivity contribution in [2.24, 2.45) is 0 Å². The fourth-order valence-electron chi connectivity index (χ4n) is 2.53. The van der Waals surface area contributed by atoms with Gasteiger partial charge in [-0.3, -0.25) is 9.48 Å². The lowest BCUT2D eigenvalue weighted by molar-refractivity contribution is -0.132. The minimum Gasteiger partial charge on any atom is -0.508 e. The van der Waals surface area contributed by atoms with Crippen molar-refractivity contribution in [1.82, 2.24) is 14.7 Å². The minimum atomic E-state index is 0.0812. The summed E-state index contributed by atoms with van der Waals surface area (Å²) in [5.74, 6) is 0.906. The van der Waals surface area contributed by atoms with Crippen LogP contribution in [0.25, 0.3) is 0 Å². The average molecular weight is 301 g/mol. The molecular weight excluding hydrogens is 282 g/mol. The molecule has 0 spiro atoms. The SMILES string of the molecule is Cc1cnn(CCC(=O)N2CCOc3cc(O)ccc3C2)c1. The van der Waals surface area contributed by atoms with Crippen molar-refractivity contribution in [1.29, 1.82) is 0 Å². The molecule has 1 amide bonds. The molecule has 1 aromatic carbocycles. The van der Waals surface area contributed by atoms with Crippen LogP contribution in [-0.4, -0.2) is 38.8 Å². The molecule has 0 radical (unpaired) electrons. The molecule has 6 heteroatoms. The first kappa shape index (κ1) is 14.4. The Morgan fingerprint density at radius 3 is 3.09 bits per heavy atom. The number of nitrogens with zero attached hydrogens (tertiary/aromatic N) is 3. The number of amides is 1. The molecular formula is C16H19N3O3. The van der Waals surface area contributed by atoms with Crippen LogP contribution < -0.4 is 4.74 Å². The van der Waals surface area contributed by atoms with Gasteiger partial charge < -0.3 is 14.7 Å². The second-order valence-corrected chi connectivity index (χ2v) is 5.49. The predicted molar refractivity (Wildman–Crippen MR) is 80.6 cm³/mol. The molecule has 0 aliphatic carbocycles. The Hall–Kier alpha value is -2.50. The molecule has 6 nitrogen and oxygen atoms in total. The maximum absolute atomic E-state index is 12.4. The summed E-state index contributed by atoms with van der Waals surface area (Å²) in [6.07, 6.45) is 4.12. The van der Waals surface area contributed by atoms with Crippen LogP contribution in [0, 0.1) is 6.92 Å². The van der Waals surface area contributed by atoms with E-state index in [0.29, 0.717) is 38.4 Å². The largest absolute Gasteiger partial charge is 0.508 e. The summed E-state index contributed by atoms with van der Waals surface area (Å²) in [7, 11) is 0. The Morgan fingerprint density at radius 2 is 2.32 bits per heavy atom. The summed E-state index contributed by atoms with van der Waals surface area (Å²) >= 11 is 0. The number of aromatic hydroxyl groups is 1. The summed E-state index contributed by atoms with van der Waals surface area (Å²) in [4.78, 5) is 14.2. The Morgan fingerprint density at radius 1 is 1.45 bits per heavy atom. The molecule has 2 aromatic rings. The van der Waals surface area contributed by atoms with E-state index in [9.17, 15) is 9.90 Å². The number of hydrogen-bond donors (Lipinski definition) is 1. The van der Waals surface area contributed by atoms with Gasteiger partial charge in [-0.2, -0.15) is 5.10 Å². The van der Waals surface area contributed by atoms with Crippen LogP contribution in [0.2, 0.25) is 0 Å². The van der Waals surface area contributed by atoms with Crippen molar-refractivity contribution in [2.75, 3.05) is 13.2 Å². The number of phenolic OH excluding ortho intramolecular Hbond substituents is 1. The van der Waals surface area contributed by atoms with Crippen LogP contribution >= 0.6 is 0 Å². The lowest BCUT2D eigenvalue weighted by atomic mass is 10.1. The summed E-state index contributed by atoms with van der Waals surface area (Å²) in [5.41, 5.74) is 2.00. The number of fused-ring (bicyclic) bond motifs is 1. The molecule has 0 fully saturated rings. The quantitative estimate of drug-likeness (QED) is 0.937. The van der Waals surface area contributed by atoms with Crippen LogP contribution in [0.1, 0.15) is 17.5 Å². The van der Waals surface area contributed by atoms with E-state index < -0.39 is 0 Å². The fraction of sp³-hybridized carbons (Fsp3) is 0.375. The molecule has 0 saturated carbocycles. The number of benzene rings is 1. The number of hydrogen-bond acceptors (Lipinski definition) is 4. The summed E-state index contributed by atoms with van der Waals surface area (Å²) in [6, 6.07) is 5.01. The topological polar surface area (TPSA) is 67.6 Å². The lowest BCUT2D eigenvalue weighted by Gasteiger charge is -2.19. The zero-order valence-corrected chi connectivity index (χ0v) is 12.5. The predicted octanol–water partition coefficient (Wildman–Crippen LogP) is 1.71. The first-order valence-corrected chi connectivity index (χ1v) is 7.33. The Bertz CT molecular complexity index is 681. The van der Waals surface area contributed by atoms with E-state index in [2.05, 4.69) is 5.10 Å². The third-order valence-electron chi connectivity index (χ3n) is 3.70. The van der Waals surface area contributed by atoms with E-state index >= 15 is 0 Å². The maximum Gasteiger partial charge on any atom is 0.224 e. The third kappa shape index (κ3) is 3.21. The second kappa shape index (κ2) is 6.09. The van der Waals surface area contributed by atoms with Gasteiger partial charge in [-0.05, 0) is 24.6 Å². The van der Waals surface area contributed by atoms with E-state index in [0.717, 1.165) is 11.1 Å². The van der Waals surface area contributed by atoms with Gasteiger partial charge in [0, 0.05) is 37.3 Å². The van der Waals surface area contributed by atoms with Gasteiger partial charge >= 0.3 is 0 Å². The highest BCUT2D eigenvalue weighted by molar-refractivity contribution is 5.76. The second-order valence-electron chi connectivity index (χ2n) is 5.49. The van der Waals surface area contributed by atoms with Crippen molar-refractivity contribution in [3.05, 3.63) is 41.7 Å². The molecule has 3 rings (SSSR count). The molecule has 0 bridgehead atoms. The van der Waals surface area contributed by atoms with E-state index in [1.807, 2.05) is 13.1 Å². The summed E-state index contributed by atoms with van der Waals surface area (Å²) in [6.45, 7) is 4.04. The molecule has 0 saturated heterocycles. The summed E-state index contributed by atoms with van der Waals surface area (Å²) in [5, 5.41) is 13.7. The molecule has 1 aliphatic rings. The zero-order chi connectivity index (χ0) is 15.5. The van der Waals surface area contributed by atoms with Gasteiger partial charge in [0.05, 0.1) is 12.7 Å². The van der Waals surface area contributed by atoms with E-state index in [4.69, 9.17) is 4.74 Å². The van der Waals surface area contributed by atoms with Gasteiger partial charge in [-0.1, -0.05) is 0 Å². The van der Waals surface area contributed by atoms with Crippen molar-refractivity contribution in [2.45, 2.75) is 26.4 Å². The number of aromatic nitrogens is 2. The molecule has 22 heavy (non-hydrogen) atoms. The number of aryl methyl sites for hydroxylation is 2. The van der Waals surface area contributed by atoms with Crippen LogP contribution in [0.3, 0.4) is 0 Å². The third-order valence-corrected chi connectivity index (χ3v) is 3.70. The standard InChI is InChI=1S/C16H19N3O3/c1-12-9-17-19(10-12)5-4-16(21)18-6-7-22-15-8-14(20)3-2-13(15)11-18/h2-3,8-10,20H,4-7,11H2,1H3. The van der Waals surface area contributed by atoms with Crippen LogP contribution in [0.4, 0.5) is 0 Å². The highest BCUT2D eigenvalue weighted by Gasteiger charge is 2.20. The number of carbonyl (C=O) groups excluding carboxylic acids is 1. The van der Waals surface area contributed by atoms with E-state index in [-0.39, 0.29) is 11.7 Å². The molecule has 0 unspecified atom stereocenters. The maximum atomic E-state index is 12.4. The lowest BCUT2D eigenvalue weighted by Crippen LogP contribution is -2.33. The number of ether oxygens (including phenoxy) is 1. The smallest absolute Gasteiger partial charge is 0.224 e. The van der Waals surface area contributed by atoms with Gasteiger partial charge in [0.2, 0.25) is 5.91 Å². The number of phenols is 1. The van der Waals surface area contributed by atoms with Gasteiger partial charge in [0.15, 0.2) is 0 Å². The van der Waals surface area contributed by atoms with Crippen LogP contribution in [0.5, 0.6) is 11.5 Å². The normalized spacial score (nSPS) is 14.1. The molecule has 1 aliphatic heterocycles. The van der Waals surface area contributed by atoms with Crippen LogP contribution in [0.15, 0.2) is 30.6 Å².